The number of amides is 1. The number of hydrogen-bond donors (Lipinski definition) is 0. The van der Waals surface area contributed by atoms with Gasteiger partial charge in [0.2, 0.25) is 0 Å². The molecule has 0 unspecified atom stereocenters. The van der Waals surface area contributed by atoms with Crippen molar-refractivity contribution in [2.45, 2.75) is 19.3 Å². The molecule has 5 nitrogen and oxygen atoms in total. The third-order valence-corrected chi connectivity index (χ3v) is 4.19. The van der Waals surface area contributed by atoms with Crippen molar-refractivity contribution in [3.63, 3.8) is 0 Å². The van der Waals surface area contributed by atoms with Crippen molar-refractivity contribution in [1.29, 1.82) is 0 Å². The first-order valence-corrected chi connectivity index (χ1v) is 7.79. The fourth-order valence-electron chi connectivity index (χ4n) is 2.86. The van der Waals surface area contributed by atoms with Crippen molar-refractivity contribution >= 4 is 11.6 Å². The van der Waals surface area contributed by atoms with Gasteiger partial charge < -0.3 is 4.90 Å². The molecule has 118 valence electrons. The molecule has 3 rings (SSSR count). The van der Waals surface area contributed by atoms with Crippen molar-refractivity contribution in [3.05, 3.63) is 64.2 Å². The maximum absolute atomic E-state index is 12.4. The number of carbonyl (C=O) groups is 1. The molecule has 0 atom stereocenters. The molecule has 1 aliphatic heterocycles. The quantitative estimate of drug-likeness (QED) is 0.638. The Morgan fingerprint density at radius 1 is 0.870 bits per heavy atom. The fourth-order valence-corrected chi connectivity index (χ4v) is 2.86. The second kappa shape index (κ2) is 6.60. The number of nitro groups is 1. The van der Waals surface area contributed by atoms with Crippen molar-refractivity contribution in [1.82, 2.24) is 4.90 Å². The van der Waals surface area contributed by atoms with Crippen LogP contribution in [0.1, 0.15) is 29.6 Å². The van der Waals surface area contributed by atoms with Crippen LogP contribution in [-0.2, 0) is 0 Å². The monoisotopic (exact) mass is 310 g/mol. The summed E-state index contributed by atoms with van der Waals surface area (Å²) in [5.74, 6) is 0.0833. The summed E-state index contributed by atoms with van der Waals surface area (Å²) < 4.78 is 0. The van der Waals surface area contributed by atoms with Gasteiger partial charge in [-0.3, -0.25) is 14.9 Å². The first-order valence-electron chi connectivity index (χ1n) is 7.79. The van der Waals surface area contributed by atoms with E-state index in [0.717, 1.165) is 37.1 Å². The number of carbonyl (C=O) groups excluding carboxylic acids is 1. The van der Waals surface area contributed by atoms with Gasteiger partial charge in [0.1, 0.15) is 0 Å². The topological polar surface area (TPSA) is 63.4 Å². The summed E-state index contributed by atoms with van der Waals surface area (Å²) in [6.45, 7) is 1.67. The second-order valence-corrected chi connectivity index (χ2v) is 5.73. The van der Waals surface area contributed by atoms with Crippen LogP contribution in [-0.4, -0.2) is 28.8 Å². The van der Waals surface area contributed by atoms with Crippen molar-refractivity contribution in [2.75, 3.05) is 13.1 Å². The molecule has 1 aliphatic rings. The fraction of sp³-hybridized carbons (Fsp3) is 0.278. The Hall–Kier alpha value is -2.69. The highest BCUT2D eigenvalue weighted by Crippen LogP contribution is 2.23. The van der Waals surface area contributed by atoms with E-state index in [9.17, 15) is 14.9 Å². The lowest BCUT2D eigenvalue weighted by Crippen LogP contribution is -2.35. The summed E-state index contributed by atoms with van der Waals surface area (Å²) in [5.41, 5.74) is 2.60. The molecule has 1 saturated heterocycles. The van der Waals surface area contributed by atoms with Crippen LogP contribution >= 0.6 is 0 Å². The van der Waals surface area contributed by atoms with Crippen LogP contribution in [0.15, 0.2) is 48.5 Å². The lowest BCUT2D eigenvalue weighted by atomic mass is 10.0. The van der Waals surface area contributed by atoms with Crippen molar-refractivity contribution in [2.24, 2.45) is 0 Å². The maximum Gasteiger partial charge on any atom is 0.269 e. The number of piperidine rings is 1. The normalized spacial score (nSPS) is 14.5. The Morgan fingerprint density at radius 2 is 1.39 bits per heavy atom. The van der Waals surface area contributed by atoms with Gasteiger partial charge in [0, 0.05) is 30.8 Å². The van der Waals surface area contributed by atoms with E-state index in [4.69, 9.17) is 0 Å². The van der Waals surface area contributed by atoms with Crippen LogP contribution in [0.25, 0.3) is 11.1 Å². The molecule has 2 aromatic rings. The van der Waals surface area contributed by atoms with E-state index in [-0.39, 0.29) is 11.6 Å². The van der Waals surface area contributed by atoms with Gasteiger partial charge in [-0.2, -0.15) is 0 Å². The SMILES string of the molecule is O=C(c1ccc(-c2ccc([N+](=O)[O-])cc2)cc1)N1CCCCC1. The molecule has 2 aromatic carbocycles. The minimum Gasteiger partial charge on any atom is -0.339 e. The molecule has 0 radical (unpaired) electrons. The molecule has 0 aliphatic carbocycles. The summed E-state index contributed by atoms with van der Waals surface area (Å²) >= 11 is 0. The molecule has 0 N–H and O–H groups in total. The summed E-state index contributed by atoms with van der Waals surface area (Å²) in [6, 6.07) is 13.8. The smallest absolute Gasteiger partial charge is 0.269 e. The van der Waals surface area contributed by atoms with E-state index in [0.29, 0.717) is 5.56 Å². The van der Waals surface area contributed by atoms with Crippen LogP contribution in [0.4, 0.5) is 5.69 Å². The number of nitrogens with zero attached hydrogens (tertiary/aromatic N) is 2. The Balaban J connectivity index is 1.76. The lowest BCUT2D eigenvalue weighted by molar-refractivity contribution is -0.384. The van der Waals surface area contributed by atoms with E-state index in [2.05, 4.69) is 0 Å². The van der Waals surface area contributed by atoms with Gasteiger partial charge in [-0.15, -0.1) is 0 Å². The zero-order valence-electron chi connectivity index (χ0n) is 12.8. The Morgan fingerprint density at radius 3 is 1.91 bits per heavy atom. The third-order valence-electron chi connectivity index (χ3n) is 4.19. The molecule has 1 heterocycles. The lowest BCUT2D eigenvalue weighted by Gasteiger charge is -2.26. The van der Waals surface area contributed by atoms with Crippen molar-refractivity contribution < 1.29 is 9.72 Å². The van der Waals surface area contributed by atoms with Crippen LogP contribution in [0.2, 0.25) is 0 Å². The number of hydrogen-bond acceptors (Lipinski definition) is 3. The zero-order valence-corrected chi connectivity index (χ0v) is 12.8. The van der Waals surface area contributed by atoms with Gasteiger partial charge in [-0.25, -0.2) is 0 Å². The van der Waals surface area contributed by atoms with Gasteiger partial charge in [0.25, 0.3) is 11.6 Å². The number of benzene rings is 2. The predicted octanol–water partition coefficient (Wildman–Crippen LogP) is 3.89. The summed E-state index contributed by atoms with van der Waals surface area (Å²) in [6.07, 6.45) is 3.35. The summed E-state index contributed by atoms with van der Waals surface area (Å²) in [7, 11) is 0. The maximum atomic E-state index is 12.4. The van der Waals surface area contributed by atoms with Crippen LogP contribution in [0.3, 0.4) is 0 Å². The Kier molecular flexibility index (Phi) is 4.37. The highest BCUT2D eigenvalue weighted by molar-refractivity contribution is 5.94. The van der Waals surface area contributed by atoms with E-state index < -0.39 is 4.92 Å². The second-order valence-electron chi connectivity index (χ2n) is 5.73. The molecule has 23 heavy (non-hydrogen) atoms. The highest BCUT2D eigenvalue weighted by Gasteiger charge is 2.17. The van der Waals surface area contributed by atoms with E-state index in [1.54, 1.807) is 12.1 Å². The first kappa shape index (κ1) is 15.2. The summed E-state index contributed by atoms with van der Waals surface area (Å²) in [5, 5.41) is 10.7. The predicted molar refractivity (Wildman–Crippen MR) is 88.3 cm³/mol. The van der Waals surface area contributed by atoms with Gasteiger partial charge in [0.15, 0.2) is 0 Å². The summed E-state index contributed by atoms with van der Waals surface area (Å²) in [4.78, 5) is 24.6. The third kappa shape index (κ3) is 3.39. The molecule has 0 spiro atoms. The average molecular weight is 310 g/mol. The minimum atomic E-state index is -0.413. The van der Waals surface area contributed by atoms with E-state index in [1.807, 2.05) is 29.2 Å². The zero-order chi connectivity index (χ0) is 16.2. The van der Waals surface area contributed by atoms with Gasteiger partial charge in [0.05, 0.1) is 4.92 Å². The highest BCUT2D eigenvalue weighted by atomic mass is 16.6. The van der Waals surface area contributed by atoms with E-state index in [1.165, 1.54) is 18.6 Å². The van der Waals surface area contributed by atoms with Gasteiger partial charge in [-0.05, 0) is 54.7 Å². The van der Waals surface area contributed by atoms with E-state index >= 15 is 0 Å². The first-order chi connectivity index (χ1) is 11.1. The van der Waals surface area contributed by atoms with Crippen LogP contribution < -0.4 is 0 Å². The molecule has 0 bridgehead atoms. The molecular formula is C18H18N2O3. The number of non-ortho nitro benzene ring substituents is 1. The average Bonchev–Trinajstić information content (AvgIpc) is 2.62. The molecule has 1 fully saturated rings. The Bertz CT molecular complexity index is 702. The number of likely N-dealkylation sites (tertiary alicyclic amines) is 1. The molecule has 5 heteroatoms. The van der Waals surface area contributed by atoms with Gasteiger partial charge >= 0.3 is 0 Å². The Labute approximate surface area is 134 Å². The number of rotatable bonds is 3. The van der Waals surface area contributed by atoms with Crippen LogP contribution in [0, 0.1) is 10.1 Å². The van der Waals surface area contributed by atoms with Gasteiger partial charge in [-0.1, -0.05) is 12.1 Å². The molecule has 0 saturated carbocycles. The molecule has 1 amide bonds. The number of nitro benzene ring substituents is 1. The molecule has 0 aromatic heterocycles. The van der Waals surface area contributed by atoms with Crippen molar-refractivity contribution in [3.8, 4) is 11.1 Å². The largest absolute Gasteiger partial charge is 0.339 e. The molecular weight excluding hydrogens is 292 g/mol. The standard InChI is InChI=1S/C18H18N2O3/c21-18(19-12-2-1-3-13-19)16-6-4-14(5-7-16)15-8-10-17(11-9-15)20(22)23/h4-11H,1-3,12-13H2. The minimum absolute atomic E-state index is 0.0747. The van der Waals surface area contributed by atoms with Crippen LogP contribution in [0.5, 0.6) is 0 Å².